The highest BCUT2D eigenvalue weighted by molar-refractivity contribution is 5.66. The highest BCUT2D eigenvalue weighted by Crippen LogP contribution is 2.71. The molecule has 3 saturated carbocycles. The first-order chi connectivity index (χ1) is 9.17. The lowest BCUT2D eigenvalue weighted by Gasteiger charge is -2.33. The lowest BCUT2D eigenvalue weighted by molar-refractivity contribution is -0.161. The molecule has 3 nitrogen and oxygen atoms in total. The third kappa shape index (κ3) is 1.78. The molecule has 0 radical (unpaired) electrons. The van der Waals surface area contributed by atoms with Crippen LogP contribution in [0.2, 0.25) is 0 Å². The van der Waals surface area contributed by atoms with E-state index in [0.29, 0.717) is 23.2 Å². The number of aliphatic hydroxyl groups is 1. The van der Waals surface area contributed by atoms with Crippen molar-refractivity contribution in [2.75, 3.05) is 0 Å². The van der Waals surface area contributed by atoms with Gasteiger partial charge in [0.25, 0.3) is 0 Å². The summed E-state index contributed by atoms with van der Waals surface area (Å²) >= 11 is 0. The lowest BCUT2D eigenvalue weighted by atomic mass is 9.77. The predicted octanol–water partition coefficient (Wildman–Crippen LogP) is 2.93. The van der Waals surface area contributed by atoms with Crippen molar-refractivity contribution in [3.63, 3.8) is 0 Å². The molecule has 0 bridgehead atoms. The molecule has 3 aliphatic rings. The van der Waals surface area contributed by atoms with Gasteiger partial charge in [0.15, 0.2) is 0 Å². The number of carbonyl (C=O) groups excluding carboxylic acids is 1. The third-order valence-electron chi connectivity index (χ3n) is 6.36. The van der Waals surface area contributed by atoms with Crippen molar-refractivity contribution in [3.8, 4) is 0 Å². The molecule has 3 fully saturated rings. The van der Waals surface area contributed by atoms with Gasteiger partial charge in [-0.05, 0) is 49.4 Å². The first-order valence-corrected chi connectivity index (χ1v) is 7.74. The summed E-state index contributed by atoms with van der Waals surface area (Å²) in [5.74, 6) is 1.39. The van der Waals surface area contributed by atoms with Gasteiger partial charge in [0.2, 0.25) is 0 Å². The van der Waals surface area contributed by atoms with Crippen molar-refractivity contribution in [2.24, 2.45) is 29.1 Å². The first-order valence-electron chi connectivity index (χ1n) is 7.74. The summed E-state index contributed by atoms with van der Waals surface area (Å²) in [4.78, 5) is 11.3. The summed E-state index contributed by atoms with van der Waals surface area (Å²) in [6.07, 6.45) is 2.59. The van der Waals surface area contributed by atoms with Gasteiger partial charge in [0, 0.05) is 12.8 Å². The Morgan fingerprint density at radius 3 is 2.60 bits per heavy atom. The maximum Gasteiger partial charge on any atom is 0.303 e. The second-order valence-corrected chi connectivity index (χ2v) is 7.84. The molecule has 0 aromatic rings. The van der Waals surface area contributed by atoms with Gasteiger partial charge in [-0.15, -0.1) is 0 Å². The molecule has 3 heteroatoms. The SMILES string of the molecule is C=C1CCC2C(C3C1CC(OC(C)=O)C3(C)O)C2(C)C. The van der Waals surface area contributed by atoms with Gasteiger partial charge >= 0.3 is 5.97 Å². The molecular weight excluding hydrogens is 252 g/mol. The Kier molecular flexibility index (Phi) is 2.89. The fourth-order valence-electron chi connectivity index (χ4n) is 5.22. The van der Waals surface area contributed by atoms with Crippen LogP contribution in [0.5, 0.6) is 0 Å². The fraction of sp³-hybridized carbons (Fsp3) is 0.824. The van der Waals surface area contributed by atoms with Crippen LogP contribution < -0.4 is 0 Å². The smallest absolute Gasteiger partial charge is 0.303 e. The minimum absolute atomic E-state index is 0.182. The number of hydrogen-bond acceptors (Lipinski definition) is 3. The molecule has 0 heterocycles. The van der Waals surface area contributed by atoms with E-state index in [2.05, 4.69) is 20.4 Å². The van der Waals surface area contributed by atoms with E-state index >= 15 is 0 Å². The largest absolute Gasteiger partial charge is 0.459 e. The summed E-state index contributed by atoms with van der Waals surface area (Å²) in [6.45, 7) is 12.1. The van der Waals surface area contributed by atoms with Crippen LogP contribution >= 0.6 is 0 Å². The minimum Gasteiger partial charge on any atom is -0.459 e. The van der Waals surface area contributed by atoms with Crippen LogP contribution in [0.1, 0.15) is 47.0 Å². The summed E-state index contributed by atoms with van der Waals surface area (Å²) in [7, 11) is 0. The van der Waals surface area contributed by atoms with Crippen LogP contribution in [0.25, 0.3) is 0 Å². The zero-order chi connectivity index (χ0) is 14.9. The van der Waals surface area contributed by atoms with Crippen LogP contribution in [0, 0.1) is 29.1 Å². The van der Waals surface area contributed by atoms with Crippen molar-refractivity contribution in [1.82, 2.24) is 0 Å². The Labute approximate surface area is 121 Å². The summed E-state index contributed by atoms with van der Waals surface area (Å²) in [5, 5.41) is 11.1. The maximum atomic E-state index is 11.3. The molecule has 0 aromatic heterocycles. The molecule has 3 rings (SSSR count). The zero-order valence-electron chi connectivity index (χ0n) is 13.0. The molecule has 6 unspecified atom stereocenters. The first kappa shape index (κ1) is 14.1. The van der Waals surface area contributed by atoms with E-state index < -0.39 is 5.60 Å². The van der Waals surface area contributed by atoms with E-state index in [1.807, 2.05) is 6.92 Å². The lowest BCUT2D eigenvalue weighted by Crippen LogP contribution is -2.44. The molecule has 1 N–H and O–H groups in total. The van der Waals surface area contributed by atoms with Crippen molar-refractivity contribution < 1.29 is 14.6 Å². The van der Waals surface area contributed by atoms with Crippen molar-refractivity contribution in [2.45, 2.75) is 58.7 Å². The van der Waals surface area contributed by atoms with Gasteiger partial charge in [-0.25, -0.2) is 0 Å². The monoisotopic (exact) mass is 278 g/mol. The van der Waals surface area contributed by atoms with Crippen LogP contribution in [-0.2, 0) is 9.53 Å². The Morgan fingerprint density at radius 1 is 1.35 bits per heavy atom. The Bertz CT molecular complexity index is 463. The zero-order valence-corrected chi connectivity index (χ0v) is 13.0. The van der Waals surface area contributed by atoms with Gasteiger partial charge in [-0.1, -0.05) is 26.0 Å². The summed E-state index contributed by atoms with van der Waals surface area (Å²) < 4.78 is 5.41. The highest BCUT2D eigenvalue weighted by Gasteiger charge is 2.69. The number of fused-ring (bicyclic) bond motifs is 3. The molecule has 112 valence electrons. The summed E-state index contributed by atoms with van der Waals surface area (Å²) in [5.41, 5.74) is 0.617. The topological polar surface area (TPSA) is 46.5 Å². The molecule has 0 amide bonds. The average molecular weight is 278 g/mol. The number of carbonyl (C=O) groups is 1. The number of hydrogen-bond donors (Lipinski definition) is 1. The molecule has 20 heavy (non-hydrogen) atoms. The molecule has 0 aromatic carbocycles. The summed E-state index contributed by atoms with van der Waals surface area (Å²) in [6, 6.07) is 0. The van der Waals surface area contributed by atoms with Crippen molar-refractivity contribution >= 4 is 5.97 Å². The quantitative estimate of drug-likeness (QED) is 0.592. The van der Waals surface area contributed by atoms with E-state index in [1.165, 1.54) is 18.9 Å². The molecule has 3 aliphatic carbocycles. The maximum absolute atomic E-state index is 11.3. The fourth-order valence-corrected chi connectivity index (χ4v) is 5.22. The van der Waals surface area contributed by atoms with Gasteiger partial charge in [-0.2, -0.15) is 0 Å². The molecule has 0 saturated heterocycles. The second-order valence-electron chi connectivity index (χ2n) is 7.84. The van der Waals surface area contributed by atoms with Crippen LogP contribution in [-0.4, -0.2) is 22.8 Å². The number of rotatable bonds is 1. The van der Waals surface area contributed by atoms with Crippen LogP contribution in [0.4, 0.5) is 0 Å². The Balaban J connectivity index is 1.94. The van der Waals surface area contributed by atoms with E-state index in [-0.39, 0.29) is 18.0 Å². The van der Waals surface area contributed by atoms with E-state index in [1.54, 1.807) is 0 Å². The molecule has 0 spiro atoms. The normalized spacial score (nSPS) is 49.0. The molecule has 0 aliphatic heterocycles. The van der Waals surface area contributed by atoms with Gasteiger partial charge < -0.3 is 9.84 Å². The standard InChI is InChI=1S/C17H26O3/c1-9-6-7-12-15(16(12,3)4)14-11(9)8-13(17(14,5)19)20-10(2)18/h11-15,19H,1,6-8H2,2-5H3. The Hall–Kier alpha value is -0.830. The Morgan fingerprint density at radius 2 is 2.00 bits per heavy atom. The van der Waals surface area contributed by atoms with E-state index in [0.717, 1.165) is 12.8 Å². The highest BCUT2D eigenvalue weighted by atomic mass is 16.6. The second kappa shape index (κ2) is 4.09. The van der Waals surface area contributed by atoms with Crippen molar-refractivity contribution in [1.29, 1.82) is 0 Å². The van der Waals surface area contributed by atoms with Crippen molar-refractivity contribution in [3.05, 3.63) is 12.2 Å². The molecular formula is C17H26O3. The average Bonchev–Trinajstić information content (AvgIpc) is 2.79. The number of esters is 1. The van der Waals surface area contributed by atoms with E-state index in [4.69, 9.17) is 4.74 Å². The van der Waals surface area contributed by atoms with E-state index in [9.17, 15) is 9.90 Å². The number of ether oxygens (including phenoxy) is 1. The number of allylic oxidation sites excluding steroid dienone is 1. The molecule has 6 atom stereocenters. The third-order valence-corrected chi connectivity index (χ3v) is 6.36. The van der Waals surface area contributed by atoms with Crippen LogP contribution in [0.3, 0.4) is 0 Å². The minimum atomic E-state index is -0.930. The van der Waals surface area contributed by atoms with Crippen LogP contribution in [0.15, 0.2) is 12.2 Å². The van der Waals surface area contributed by atoms with Gasteiger partial charge in [0.05, 0.1) is 0 Å². The van der Waals surface area contributed by atoms with Gasteiger partial charge in [0.1, 0.15) is 11.7 Å². The predicted molar refractivity (Wildman–Crippen MR) is 76.9 cm³/mol. The van der Waals surface area contributed by atoms with Gasteiger partial charge in [-0.3, -0.25) is 4.79 Å².